The zero-order chi connectivity index (χ0) is 14.7. The number of aryl methyl sites for hydroxylation is 2. The summed E-state index contributed by atoms with van der Waals surface area (Å²) >= 11 is 0. The maximum absolute atomic E-state index is 8.38. The number of anilines is 2. The molecular formula is C17H21N3. The van der Waals surface area contributed by atoms with Crippen LogP contribution in [0.1, 0.15) is 22.3 Å². The number of hydrogen-bond acceptors (Lipinski definition) is 3. The lowest BCUT2D eigenvalue weighted by Gasteiger charge is -2.11. The maximum atomic E-state index is 8.38. The summed E-state index contributed by atoms with van der Waals surface area (Å²) in [7, 11) is 3.82. The van der Waals surface area contributed by atoms with Crippen molar-refractivity contribution in [3.8, 4) is 0 Å². The Balaban J connectivity index is 2.36. The normalized spacial score (nSPS) is 10.2. The maximum Gasteiger partial charge on any atom is 0.0684 e. The third kappa shape index (κ3) is 2.67. The number of nitrogens with one attached hydrogen (secondary N) is 3. The van der Waals surface area contributed by atoms with Gasteiger partial charge in [-0.25, -0.2) is 0 Å². The number of rotatable bonds is 4. The Labute approximate surface area is 120 Å². The first-order valence-electron chi connectivity index (χ1n) is 6.73. The molecule has 3 nitrogen and oxygen atoms in total. The molecule has 0 saturated heterocycles. The van der Waals surface area contributed by atoms with Crippen LogP contribution >= 0.6 is 0 Å². The zero-order valence-corrected chi connectivity index (χ0v) is 12.5. The smallest absolute Gasteiger partial charge is 0.0684 e. The van der Waals surface area contributed by atoms with E-state index in [-0.39, 0.29) is 0 Å². The van der Waals surface area contributed by atoms with Gasteiger partial charge >= 0.3 is 0 Å². The molecule has 0 unspecified atom stereocenters. The molecule has 2 aromatic carbocycles. The summed E-state index contributed by atoms with van der Waals surface area (Å²) in [6, 6.07) is 12.1. The van der Waals surface area contributed by atoms with Gasteiger partial charge in [0.05, 0.1) is 5.71 Å². The fourth-order valence-corrected chi connectivity index (χ4v) is 2.37. The van der Waals surface area contributed by atoms with Crippen molar-refractivity contribution in [2.24, 2.45) is 0 Å². The van der Waals surface area contributed by atoms with Crippen LogP contribution in [0.25, 0.3) is 0 Å². The van der Waals surface area contributed by atoms with Crippen LogP contribution in [0.4, 0.5) is 11.4 Å². The van der Waals surface area contributed by atoms with Crippen molar-refractivity contribution in [1.29, 1.82) is 5.41 Å². The summed E-state index contributed by atoms with van der Waals surface area (Å²) in [6.45, 7) is 4.11. The molecule has 0 heterocycles. The highest BCUT2D eigenvalue weighted by Crippen LogP contribution is 2.21. The highest BCUT2D eigenvalue weighted by molar-refractivity contribution is 6.11. The Hall–Kier alpha value is -2.29. The van der Waals surface area contributed by atoms with Crippen molar-refractivity contribution in [1.82, 2.24) is 0 Å². The highest BCUT2D eigenvalue weighted by Gasteiger charge is 2.08. The van der Waals surface area contributed by atoms with Gasteiger partial charge in [-0.15, -0.1) is 0 Å². The molecule has 0 fully saturated rings. The second-order valence-electron chi connectivity index (χ2n) is 4.93. The van der Waals surface area contributed by atoms with Crippen molar-refractivity contribution >= 4 is 17.1 Å². The van der Waals surface area contributed by atoms with Crippen molar-refractivity contribution < 1.29 is 0 Å². The molecule has 2 rings (SSSR count). The van der Waals surface area contributed by atoms with Crippen LogP contribution in [0.5, 0.6) is 0 Å². The van der Waals surface area contributed by atoms with Crippen LogP contribution in [0.3, 0.4) is 0 Å². The van der Waals surface area contributed by atoms with E-state index in [1.807, 2.05) is 38.4 Å². The van der Waals surface area contributed by atoms with Crippen LogP contribution in [-0.2, 0) is 0 Å². The molecule has 2 aromatic rings. The zero-order valence-electron chi connectivity index (χ0n) is 12.5. The van der Waals surface area contributed by atoms with Crippen LogP contribution in [0.2, 0.25) is 0 Å². The van der Waals surface area contributed by atoms with Gasteiger partial charge in [-0.05, 0) is 49.2 Å². The SMILES string of the molecule is CNc1ccc(C(=N)c2ccc(NC)c(C)c2)cc1C. The summed E-state index contributed by atoms with van der Waals surface area (Å²) in [5.41, 5.74) is 6.95. The minimum absolute atomic E-state index is 0.557. The van der Waals surface area contributed by atoms with Gasteiger partial charge in [0.1, 0.15) is 0 Å². The monoisotopic (exact) mass is 267 g/mol. The Morgan fingerprint density at radius 3 is 1.50 bits per heavy atom. The van der Waals surface area contributed by atoms with Gasteiger partial charge in [-0.2, -0.15) is 0 Å². The van der Waals surface area contributed by atoms with Crippen LogP contribution in [0.15, 0.2) is 36.4 Å². The molecule has 3 heteroatoms. The van der Waals surface area contributed by atoms with Gasteiger partial charge in [0, 0.05) is 36.6 Å². The van der Waals surface area contributed by atoms with Crippen molar-refractivity contribution in [3.63, 3.8) is 0 Å². The van der Waals surface area contributed by atoms with Gasteiger partial charge in [0.15, 0.2) is 0 Å². The molecule has 0 spiro atoms. The first-order valence-corrected chi connectivity index (χ1v) is 6.73. The summed E-state index contributed by atoms with van der Waals surface area (Å²) in [5.74, 6) is 0. The van der Waals surface area contributed by atoms with E-state index in [0.29, 0.717) is 5.71 Å². The molecule has 104 valence electrons. The molecule has 0 aliphatic rings. The molecule has 0 aromatic heterocycles. The van der Waals surface area contributed by atoms with E-state index in [9.17, 15) is 0 Å². The van der Waals surface area contributed by atoms with Gasteiger partial charge in [0.2, 0.25) is 0 Å². The molecule has 20 heavy (non-hydrogen) atoms. The van der Waals surface area contributed by atoms with Crippen molar-refractivity contribution in [2.75, 3.05) is 24.7 Å². The Morgan fingerprint density at radius 2 is 1.20 bits per heavy atom. The van der Waals surface area contributed by atoms with E-state index in [2.05, 4.69) is 36.6 Å². The van der Waals surface area contributed by atoms with Gasteiger partial charge < -0.3 is 10.6 Å². The Morgan fingerprint density at radius 1 is 0.800 bits per heavy atom. The van der Waals surface area contributed by atoms with Crippen LogP contribution < -0.4 is 10.6 Å². The van der Waals surface area contributed by atoms with Crippen LogP contribution in [-0.4, -0.2) is 19.8 Å². The average Bonchev–Trinajstić information content (AvgIpc) is 2.46. The topological polar surface area (TPSA) is 47.9 Å². The lowest BCUT2D eigenvalue weighted by Crippen LogP contribution is -2.04. The molecule has 0 atom stereocenters. The Kier molecular flexibility index (Phi) is 4.08. The van der Waals surface area contributed by atoms with Gasteiger partial charge in [-0.1, -0.05) is 12.1 Å². The molecule has 0 amide bonds. The summed E-state index contributed by atoms with van der Waals surface area (Å²) in [5, 5.41) is 14.7. The van der Waals surface area contributed by atoms with E-state index >= 15 is 0 Å². The van der Waals surface area contributed by atoms with E-state index in [4.69, 9.17) is 5.41 Å². The molecule has 0 bridgehead atoms. The van der Waals surface area contributed by atoms with E-state index in [0.717, 1.165) is 33.6 Å². The number of benzene rings is 2. The third-order valence-electron chi connectivity index (χ3n) is 3.57. The van der Waals surface area contributed by atoms with Gasteiger partial charge in [0.25, 0.3) is 0 Å². The van der Waals surface area contributed by atoms with E-state index in [1.54, 1.807) is 0 Å². The largest absolute Gasteiger partial charge is 0.388 e. The Bertz CT molecular complexity index is 589. The predicted octanol–water partition coefficient (Wildman–Crippen LogP) is 3.80. The predicted molar refractivity (Wildman–Crippen MR) is 87.4 cm³/mol. The third-order valence-corrected chi connectivity index (χ3v) is 3.57. The quantitative estimate of drug-likeness (QED) is 0.738. The fourth-order valence-electron chi connectivity index (χ4n) is 2.37. The minimum Gasteiger partial charge on any atom is -0.388 e. The highest BCUT2D eigenvalue weighted by atomic mass is 14.8. The van der Waals surface area contributed by atoms with Crippen molar-refractivity contribution in [2.45, 2.75) is 13.8 Å². The molecule has 0 aliphatic carbocycles. The molecule has 3 N–H and O–H groups in total. The first kappa shape index (κ1) is 14.1. The molecule has 0 saturated carbocycles. The first-order chi connectivity index (χ1) is 9.56. The van der Waals surface area contributed by atoms with Crippen molar-refractivity contribution in [3.05, 3.63) is 58.7 Å². The fraction of sp³-hybridized carbons (Fsp3) is 0.235. The summed E-state index contributed by atoms with van der Waals surface area (Å²) < 4.78 is 0. The lowest BCUT2D eigenvalue weighted by molar-refractivity contribution is 1.36. The summed E-state index contributed by atoms with van der Waals surface area (Å²) in [6.07, 6.45) is 0. The number of hydrogen-bond donors (Lipinski definition) is 3. The van der Waals surface area contributed by atoms with E-state index < -0.39 is 0 Å². The molecule has 0 radical (unpaired) electrons. The summed E-state index contributed by atoms with van der Waals surface area (Å²) in [4.78, 5) is 0. The molecular weight excluding hydrogens is 246 g/mol. The standard InChI is InChI=1S/C17H21N3/c1-11-9-13(5-7-15(11)19-3)17(18)14-6-8-16(20-4)12(2)10-14/h5-10,18-20H,1-4H3. The van der Waals surface area contributed by atoms with E-state index in [1.165, 1.54) is 0 Å². The second-order valence-corrected chi connectivity index (χ2v) is 4.93. The minimum atomic E-state index is 0.557. The second kappa shape index (κ2) is 5.78. The average molecular weight is 267 g/mol. The van der Waals surface area contributed by atoms with Crippen LogP contribution in [0, 0.1) is 19.3 Å². The van der Waals surface area contributed by atoms with Gasteiger partial charge in [-0.3, -0.25) is 5.41 Å². The lowest BCUT2D eigenvalue weighted by atomic mass is 9.98. The molecule has 0 aliphatic heterocycles.